The number of likely N-dealkylation sites (N-methyl/N-ethyl adjacent to an activating group) is 1. The zero-order valence-corrected chi connectivity index (χ0v) is 16.9. The normalized spacial score (nSPS) is 10.9. The topological polar surface area (TPSA) is 54.5 Å². The molecule has 2 aromatic carbocycles. The second-order valence-corrected chi connectivity index (χ2v) is 7.51. The highest BCUT2D eigenvalue weighted by Crippen LogP contribution is 2.27. The van der Waals surface area contributed by atoms with Gasteiger partial charge in [-0.25, -0.2) is 13.8 Å². The third-order valence-corrected chi connectivity index (χ3v) is 4.96. The van der Waals surface area contributed by atoms with Gasteiger partial charge >= 0.3 is 0 Å². The smallest absolute Gasteiger partial charge is 0.270 e. The van der Waals surface area contributed by atoms with Crippen molar-refractivity contribution in [2.75, 3.05) is 27.2 Å². The average Bonchev–Trinajstić information content (AvgIpc) is 3.17. The van der Waals surface area contributed by atoms with Crippen molar-refractivity contribution in [1.29, 1.82) is 0 Å². The third-order valence-electron chi connectivity index (χ3n) is 4.07. The highest BCUT2D eigenvalue weighted by Gasteiger charge is 2.12. The molecule has 1 aromatic heterocycles. The van der Waals surface area contributed by atoms with Crippen LogP contribution in [0.15, 0.2) is 47.8 Å². The van der Waals surface area contributed by atoms with Crippen LogP contribution in [0.1, 0.15) is 16.1 Å². The van der Waals surface area contributed by atoms with Gasteiger partial charge in [-0.3, -0.25) is 4.79 Å². The van der Waals surface area contributed by atoms with Crippen molar-refractivity contribution >= 4 is 17.2 Å². The summed E-state index contributed by atoms with van der Waals surface area (Å²) in [6.45, 7) is 1.27. The number of amides is 1. The summed E-state index contributed by atoms with van der Waals surface area (Å²) in [4.78, 5) is 18.6. The highest BCUT2D eigenvalue weighted by molar-refractivity contribution is 7.13. The van der Waals surface area contributed by atoms with Gasteiger partial charge in [0.05, 0.1) is 0 Å². The van der Waals surface area contributed by atoms with Crippen LogP contribution >= 0.6 is 11.3 Å². The van der Waals surface area contributed by atoms with Crippen molar-refractivity contribution in [2.45, 2.75) is 6.61 Å². The number of thiazole rings is 1. The van der Waals surface area contributed by atoms with Crippen LogP contribution in [0.3, 0.4) is 0 Å². The first-order chi connectivity index (χ1) is 13.9. The molecule has 1 N–H and O–H groups in total. The van der Waals surface area contributed by atoms with Crippen LogP contribution in [-0.4, -0.2) is 43.0 Å². The number of ether oxygens (including phenoxy) is 1. The fourth-order valence-electron chi connectivity index (χ4n) is 2.51. The van der Waals surface area contributed by atoms with Crippen molar-refractivity contribution in [3.05, 3.63) is 70.7 Å². The van der Waals surface area contributed by atoms with Crippen LogP contribution in [0.4, 0.5) is 8.78 Å². The molecule has 0 unspecified atom stereocenters. The summed E-state index contributed by atoms with van der Waals surface area (Å²) in [6, 6.07) is 10.6. The molecule has 0 spiro atoms. The van der Waals surface area contributed by atoms with Crippen molar-refractivity contribution in [1.82, 2.24) is 15.2 Å². The van der Waals surface area contributed by atoms with Crippen LogP contribution in [0, 0.1) is 11.6 Å². The van der Waals surface area contributed by atoms with Gasteiger partial charge in [-0.15, -0.1) is 11.3 Å². The number of aromatic nitrogens is 1. The number of carbonyl (C=O) groups excluding carboxylic acids is 1. The molecule has 29 heavy (non-hydrogen) atoms. The van der Waals surface area contributed by atoms with Crippen LogP contribution in [0.2, 0.25) is 0 Å². The maximum atomic E-state index is 13.7. The molecule has 0 bridgehead atoms. The Kier molecular flexibility index (Phi) is 6.90. The van der Waals surface area contributed by atoms with Gasteiger partial charge in [-0.05, 0) is 38.4 Å². The molecule has 5 nitrogen and oxygen atoms in total. The van der Waals surface area contributed by atoms with Crippen LogP contribution in [0.5, 0.6) is 5.75 Å². The Morgan fingerprint density at radius 3 is 2.79 bits per heavy atom. The predicted octanol–water partition coefficient (Wildman–Crippen LogP) is 3.96. The molecule has 0 saturated heterocycles. The van der Waals surface area contributed by atoms with Crippen molar-refractivity contribution in [3.8, 4) is 16.3 Å². The second-order valence-electron chi connectivity index (χ2n) is 6.65. The van der Waals surface area contributed by atoms with Crippen LogP contribution in [-0.2, 0) is 6.61 Å². The van der Waals surface area contributed by atoms with E-state index in [9.17, 15) is 13.6 Å². The minimum atomic E-state index is -0.647. The van der Waals surface area contributed by atoms with Gasteiger partial charge in [0, 0.05) is 35.7 Å². The summed E-state index contributed by atoms with van der Waals surface area (Å²) < 4.78 is 32.4. The van der Waals surface area contributed by atoms with Crippen LogP contribution < -0.4 is 10.1 Å². The van der Waals surface area contributed by atoms with Gasteiger partial charge in [-0.1, -0.05) is 12.1 Å². The minimum absolute atomic E-state index is 0.0209. The van der Waals surface area contributed by atoms with E-state index in [2.05, 4.69) is 10.3 Å². The maximum Gasteiger partial charge on any atom is 0.270 e. The Morgan fingerprint density at radius 2 is 2.03 bits per heavy atom. The molecule has 0 aliphatic carbocycles. The van der Waals surface area contributed by atoms with E-state index < -0.39 is 11.6 Å². The first-order valence-corrected chi connectivity index (χ1v) is 9.86. The Labute approximate surface area is 172 Å². The summed E-state index contributed by atoms with van der Waals surface area (Å²) in [7, 11) is 3.87. The number of hydrogen-bond acceptors (Lipinski definition) is 5. The van der Waals surface area contributed by atoms with Gasteiger partial charge in [0.25, 0.3) is 5.91 Å². The van der Waals surface area contributed by atoms with Gasteiger partial charge in [-0.2, -0.15) is 0 Å². The van der Waals surface area contributed by atoms with E-state index >= 15 is 0 Å². The van der Waals surface area contributed by atoms with Gasteiger partial charge < -0.3 is 15.0 Å². The van der Waals surface area contributed by atoms with Gasteiger partial charge in [0.15, 0.2) is 0 Å². The zero-order valence-electron chi connectivity index (χ0n) is 16.1. The minimum Gasteiger partial charge on any atom is -0.489 e. The van der Waals surface area contributed by atoms with Crippen molar-refractivity contribution in [2.24, 2.45) is 0 Å². The number of nitrogens with one attached hydrogen (secondary N) is 1. The predicted molar refractivity (Wildman–Crippen MR) is 109 cm³/mol. The van der Waals surface area contributed by atoms with E-state index in [0.717, 1.165) is 18.2 Å². The molecule has 1 amide bonds. The van der Waals surface area contributed by atoms with Crippen molar-refractivity contribution < 1.29 is 18.3 Å². The lowest BCUT2D eigenvalue weighted by atomic mass is 10.2. The molecular weight excluding hydrogens is 396 g/mol. The average molecular weight is 417 g/mol. The van der Waals surface area contributed by atoms with E-state index in [1.165, 1.54) is 23.5 Å². The zero-order chi connectivity index (χ0) is 20.8. The third kappa shape index (κ3) is 5.82. The molecule has 0 aliphatic rings. The van der Waals surface area contributed by atoms with E-state index in [1.54, 1.807) is 23.6 Å². The van der Waals surface area contributed by atoms with E-state index in [1.807, 2.05) is 25.1 Å². The summed E-state index contributed by atoms with van der Waals surface area (Å²) >= 11 is 1.36. The lowest BCUT2D eigenvalue weighted by Crippen LogP contribution is -2.31. The van der Waals surface area contributed by atoms with Gasteiger partial charge in [0.2, 0.25) is 0 Å². The number of carbonyl (C=O) groups is 1. The Morgan fingerprint density at radius 1 is 1.21 bits per heavy atom. The molecule has 0 saturated carbocycles. The standard InChI is InChI=1S/C21H21F2N3O2S/c1-26(2)9-8-24-20(27)19-13-29-21(25-19)14-4-3-5-17(10-14)28-12-15-6-7-16(22)11-18(15)23/h3-7,10-11,13H,8-9,12H2,1-2H3,(H,24,27). The fraction of sp³-hybridized carbons (Fsp3) is 0.238. The largest absolute Gasteiger partial charge is 0.489 e. The molecular formula is C21H21F2N3O2S. The Balaban J connectivity index is 1.65. The quantitative estimate of drug-likeness (QED) is 0.603. The van der Waals surface area contributed by atoms with Crippen LogP contribution in [0.25, 0.3) is 10.6 Å². The lowest BCUT2D eigenvalue weighted by molar-refractivity contribution is 0.0947. The summed E-state index contributed by atoms with van der Waals surface area (Å²) in [6.07, 6.45) is 0. The number of benzene rings is 2. The number of nitrogens with zero attached hydrogens (tertiary/aromatic N) is 2. The van der Waals surface area contributed by atoms with E-state index in [0.29, 0.717) is 23.0 Å². The molecule has 8 heteroatoms. The second kappa shape index (κ2) is 9.58. The Hall–Kier alpha value is -2.84. The molecule has 0 radical (unpaired) electrons. The Bertz CT molecular complexity index is 992. The summed E-state index contributed by atoms with van der Waals surface area (Å²) in [5, 5.41) is 5.22. The maximum absolute atomic E-state index is 13.7. The molecule has 0 aliphatic heterocycles. The van der Waals surface area contributed by atoms with E-state index in [4.69, 9.17) is 4.74 Å². The van der Waals surface area contributed by atoms with Crippen molar-refractivity contribution in [3.63, 3.8) is 0 Å². The molecule has 1 heterocycles. The van der Waals surface area contributed by atoms with E-state index in [-0.39, 0.29) is 18.1 Å². The fourth-order valence-corrected chi connectivity index (χ4v) is 3.31. The summed E-state index contributed by atoms with van der Waals surface area (Å²) in [5.74, 6) is -0.962. The number of halogens is 2. The monoisotopic (exact) mass is 417 g/mol. The molecule has 0 atom stereocenters. The first-order valence-electron chi connectivity index (χ1n) is 8.98. The lowest BCUT2D eigenvalue weighted by Gasteiger charge is -2.09. The first kappa shape index (κ1) is 20.9. The number of rotatable bonds is 8. The molecule has 3 rings (SSSR count). The molecule has 3 aromatic rings. The van der Waals surface area contributed by atoms with Gasteiger partial charge in [0.1, 0.15) is 34.7 Å². The highest BCUT2D eigenvalue weighted by atomic mass is 32.1. The number of hydrogen-bond donors (Lipinski definition) is 1. The molecule has 0 fully saturated rings. The molecule has 152 valence electrons. The SMILES string of the molecule is CN(C)CCNC(=O)c1csc(-c2cccc(OCc3ccc(F)cc3F)c2)n1. The summed E-state index contributed by atoms with van der Waals surface area (Å²) in [5.41, 5.74) is 1.42.